The molecule has 1 aromatic heterocycles. The Morgan fingerprint density at radius 3 is 2.24 bits per heavy atom. The summed E-state index contributed by atoms with van der Waals surface area (Å²) in [5, 5.41) is 0. The van der Waals surface area contributed by atoms with E-state index in [1.807, 2.05) is 85.7 Å². The Labute approximate surface area is 220 Å². The minimum Gasteiger partial charge on any atom is -0.484 e. The topological polar surface area (TPSA) is 90.9 Å². The molecule has 1 aliphatic heterocycles. The molecule has 2 heterocycles. The van der Waals surface area contributed by atoms with Gasteiger partial charge in [0.25, 0.3) is 0 Å². The molecule has 8 heteroatoms. The predicted octanol–water partition coefficient (Wildman–Crippen LogP) is 5.90. The Hall–Kier alpha value is -3.16. The normalized spacial score (nSPS) is 18.3. The Bertz CT molecular complexity index is 1090. The van der Waals surface area contributed by atoms with Crippen molar-refractivity contribution in [1.29, 1.82) is 0 Å². The quantitative estimate of drug-likeness (QED) is 0.446. The smallest absolute Gasteiger partial charge is 0.410 e. The first-order valence-electron chi connectivity index (χ1n) is 13.0. The zero-order chi connectivity index (χ0) is 27.4. The number of likely N-dealkylation sites (tertiary alicyclic amines) is 1. The lowest BCUT2D eigenvalue weighted by Crippen LogP contribution is -2.47. The maximum atomic E-state index is 13.1. The van der Waals surface area contributed by atoms with E-state index in [1.165, 1.54) is 0 Å². The molecular weight excluding hydrogens is 470 g/mol. The summed E-state index contributed by atoms with van der Waals surface area (Å²) in [4.78, 5) is 36.8. The highest BCUT2D eigenvalue weighted by Gasteiger charge is 2.33. The van der Waals surface area contributed by atoms with Gasteiger partial charge in [0.05, 0.1) is 5.69 Å². The molecule has 8 nitrogen and oxygen atoms in total. The van der Waals surface area contributed by atoms with E-state index in [-0.39, 0.29) is 23.7 Å². The number of hydrogen-bond donors (Lipinski definition) is 0. The summed E-state index contributed by atoms with van der Waals surface area (Å²) in [5.74, 6) is 0.661. The number of hydrogen-bond acceptors (Lipinski definition) is 7. The number of benzene rings is 1. The van der Waals surface area contributed by atoms with E-state index in [0.717, 1.165) is 18.4 Å². The molecule has 2 atom stereocenters. The second-order valence-electron chi connectivity index (χ2n) is 11.8. The first-order valence-corrected chi connectivity index (χ1v) is 13.0. The molecule has 37 heavy (non-hydrogen) atoms. The number of piperidine rings is 1. The number of rotatable bonds is 6. The van der Waals surface area contributed by atoms with Gasteiger partial charge in [-0.3, -0.25) is 0 Å². The summed E-state index contributed by atoms with van der Waals surface area (Å²) in [5.41, 5.74) is 0.526. The monoisotopic (exact) mass is 511 g/mol. The van der Waals surface area contributed by atoms with E-state index in [9.17, 15) is 9.59 Å². The zero-order valence-corrected chi connectivity index (χ0v) is 23.5. The Morgan fingerprint density at radius 1 is 1.00 bits per heavy atom. The molecule has 1 aliphatic rings. The van der Waals surface area contributed by atoms with Crippen molar-refractivity contribution >= 4 is 12.1 Å². The molecule has 0 spiro atoms. The number of carbonyl (C=O) groups is 2. The molecule has 202 valence electrons. The number of nitrogens with zero attached hydrogens (tertiary/aromatic N) is 3. The van der Waals surface area contributed by atoms with Crippen LogP contribution in [0.3, 0.4) is 0 Å². The third kappa shape index (κ3) is 8.44. The van der Waals surface area contributed by atoms with Gasteiger partial charge in [0.2, 0.25) is 0 Å². The lowest BCUT2D eigenvalue weighted by molar-refractivity contribution is 0.00459. The number of carbonyl (C=O) groups excluding carboxylic acids is 2. The van der Waals surface area contributed by atoms with E-state index >= 15 is 0 Å². The number of esters is 1. The van der Waals surface area contributed by atoms with Gasteiger partial charge in [-0.15, -0.1) is 0 Å². The molecule has 1 amide bonds. The van der Waals surface area contributed by atoms with Crippen LogP contribution in [-0.2, 0) is 22.5 Å². The van der Waals surface area contributed by atoms with Crippen molar-refractivity contribution in [3.63, 3.8) is 0 Å². The third-order valence-electron chi connectivity index (χ3n) is 5.98. The highest BCUT2D eigenvalue weighted by molar-refractivity contribution is 5.90. The molecule has 0 saturated carbocycles. The summed E-state index contributed by atoms with van der Waals surface area (Å²) in [7, 11) is 0. The van der Waals surface area contributed by atoms with Gasteiger partial charge < -0.3 is 19.1 Å². The lowest BCUT2D eigenvalue weighted by atomic mass is 9.89. The van der Waals surface area contributed by atoms with Crippen LogP contribution in [0.5, 0.6) is 5.75 Å². The first kappa shape index (κ1) is 28.4. The molecule has 1 aromatic carbocycles. The van der Waals surface area contributed by atoms with Crippen LogP contribution in [-0.4, -0.2) is 50.7 Å². The van der Waals surface area contributed by atoms with Gasteiger partial charge in [0.1, 0.15) is 23.6 Å². The van der Waals surface area contributed by atoms with Crippen molar-refractivity contribution < 1.29 is 23.8 Å². The van der Waals surface area contributed by atoms with E-state index < -0.39 is 17.2 Å². The van der Waals surface area contributed by atoms with Crippen molar-refractivity contribution in [3.05, 3.63) is 53.1 Å². The van der Waals surface area contributed by atoms with Gasteiger partial charge in [-0.25, -0.2) is 19.6 Å². The summed E-state index contributed by atoms with van der Waals surface area (Å²) in [6.45, 7) is 15.9. The fourth-order valence-electron chi connectivity index (χ4n) is 4.38. The largest absolute Gasteiger partial charge is 0.484 e. The van der Waals surface area contributed by atoms with Crippen LogP contribution in [0, 0.1) is 12.8 Å². The van der Waals surface area contributed by atoms with Crippen LogP contribution >= 0.6 is 0 Å². The highest BCUT2D eigenvalue weighted by atomic mass is 16.6. The van der Waals surface area contributed by atoms with E-state index in [0.29, 0.717) is 36.8 Å². The second kappa shape index (κ2) is 11.5. The maximum Gasteiger partial charge on any atom is 0.410 e. The molecule has 0 radical (unpaired) electrons. The minimum atomic E-state index is -0.670. The molecule has 2 aromatic rings. The summed E-state index contributed by atoms with van der Waals surface area (Å²) in [6.07, 6.45) is 1.93. The zero-order valence-electron chi connectivity index (χ0n) is 23.5. The van der Waals surface area contributed by atoms with E-state index in [2.05, 4.69) is 4.98 Å². The van der Waals surface area contributed by atoms with Crippen molar-refractivity contribution in [2.45, 2.75) is 98.5 Å². The summed E-state index contributed by atoms with van der Waals surface area (Å²) in [6, 6.07) is 9.78. The Morgan fingerprint density at radius 2 is 1.65 bits per heavy atom. The molecular formula is C29H41N3O5. The van der Waals surface area contributed by atoms with Gasteiger partial charge in [-0.2, -0.15) is 0 Å². The van der Waals surface area contributed by atoms with Gasteiger partial charge in [0, 0.05) is 19.0 Å². The van der Waals surface area contributed by atoms with Crippen LogP contribution < -0.4 is 4.74 Å². The van der Waals surface area contributed by atoms with E-state index in [4.69, 9.17) is 19.2 Å². The van der Waals surface area contributed by atoms with Crippen LogP contribution in [0.4, 0.5) is 4.79 Å². The molecule has 2 unspecified atom stereocenters. The number of aromatic nitrogens is 2. The maximum absolute atomic E-state index is 13.1. The van der Waals surface area contributed by atoms with Gasteiger partial charge in [0.15, 0.2) is 11.4 Å². The molecule has 0 aliphatic carbocycles. The highest BCUT2D eigenvalue weighted by Crippen LogP contribution is 2.29. The number of ether oxygens (including phenoxy) is 3. The molecule has 3 rings (SSSR count). The minimum absolute atomic E-state index is 0.0357. The lowest BCUT2D eigenvalue weighted by Gasteiger charge is -2.38. The van der Waals surface area contributed by atoms with E-state index in [1.54, 1.807) is 4.90 Å². The van der Waals surface area contributed by atoms with Crippen LogP contribution in [0.25, 0.3) is 0 Å². The van der Waals surface area contributed by atoms with Crippen molar-refractivity contribution in [3.8, 4) is 5.75 Å². The molecule has 0 bridgehead atoms. The number of aryl methyl sites for hydroxylation is 1. The summed E-state index contributed by atoms with van der Waals surface area (Å²) >= 11 is 0. The fraction of sp³-hybridized carbons (Fsp3) is 0.586. The number of amides is 1. The molecule has 0 N–H and O–H groups in total. The van der Waals surface area contributed by atoms with Crippen molar-refractivity contribution in [2.24, 2.45) is 5.92 Å². The molecule has 1 saturated heterocycles. The Kier molecular flexibility index (Phi) is 8.82. The van der Waals surface area contributed by atoms with Crippen molar-refractivity contribution in [2.75, 3.05) is 6.54 Å². The predicted molar refractivity (Wildman–Crippen MR) is 142 cm³/mol. The van der Waals surface area contributed by atoms with Gasteiger partial charge >= 0.3 is 12.1 Å². The average Bonchev–Trinajstić information content (AvgIpc) is 2.76. The van der Waals surface area contributed by atoms with Gasteiger partial charge in [-0.1, -0.05) is 30.3 Å². The van der Waals surface area contributed by atoms with Crippen LogP contribution in [0.2, 0.25) is 0 Å². The standard InChI is InChI=1S/C29H41N3O5/c1-19-16-22(14-15-32(19)27(34)37-29(6,7)8)17-23-30-20(2)25(35-18-21-12-10-9-11-13-21)24(31-23)26(33)36-28(3,4)5/h9-13,19,22H,14-18H2,1-8H3. The van der Waals surface area contributed by atoms with Crippen molar-refractivity contribution in [1.82, 2.24) is 14.9 Å². The fourth-order valence-corrected chi connectivity index (χ4v) is 4.38. The third-order valence-corrected chi connectivity index (χ3v) is 5.98. The van der Waals surface area contributed by atoms with Crippen LogP contribution in [0.1, 0.15) is 88.9 Å². The second-order valence-corrected chi connectivity index (χ2v) is 11.8. The van der Waals surface area contributed by atoms with Gasteiger partial charge in [-0.05, 0) is 79.7 Å². The first-order chi connectivity index (χ1) is 17.2. The summed E-state index contributed by atoms with van der Waals surface area (Å²) < 4.78 is 17.3. The van der Waals surface area contributed by atoms with Crippen LogP contribution in [0.15, 0.2) is 30.3 Å². The average molecular weight is 512 g/mol. The SMILES string of the molecule is Cc1nc(CC2CCN(C(=O)OC(C)(C)C)C(C)C2)nc(C(=O)OC(C)(C)C)c1OCc1ccccc1. The Balaban J connectivity index is 1.77. The molecule has 1 fully saturated rings.